The van der Waals surface area contributed by atoms with E-state index in [-0.39, 0.29) is 11.5 Å². The zero-order valence-electron chi connectivity index (χ0n) is 31.3. The van der Waals surface area contributed by atoms with E-state index in [1.807, 2.05) is 12.1 Å². The number of benzene rings is 6. The molecular weight excluding hydrogens is 657 g/mol. The number of phenolic OH excluding ortho intramolecular Hbond substituents is 2. The molecule has 0 radical (unpaired) electrons. The lowest BCUT2D eigenvalue weighted by molar-refractivity contribution is 0.200. The largest absolute Gasteiger partial charge is 0.507 e. The number of phenols is 2. The second-order valence-electron chi connectivity index (χ2n) is 18.7. The molecule has 1 spiro atoms. The van der Waals surface area contributed by atoms with E-state index < -0.39 is 0 Å². The van der Waals surface area contributed by atoms with Gasteiger partial charge < -0.3 is 10.2 Å². The summed E-state index contributed by atoms with van der Waals surface area (Å²) in [5.41, 5.74) is 9.86. The molecule has 54 heavy (non-hydrogen) atoms. The standard InChI is InChI=1S/C52H50O2/c1-29-50-51(29)52(50)24-22-35(23-25-52)32-4-8-34(9-5-32)38-15-19-42-40(27-38)17-21-46(54)49(42)48-41-18-14-37(26-39(41)16-20-45(48)53)33-6-2-30(3-7-33)31-10-12-36(13-11-31)47-43-28-44(43)47/h2-9,14-21,26-27,29,31,35-36,43-44,47,50-51,53-54H,10-13,22-25,28H2,1H3/t29?,31-,35?,36-,43?,44?,47?,50?,51?,52?. The lowest BCUT2D eigenvalue weighted by Crippen LogP contribution is -2.23. The third-order valence-electron chi connectivity index (χ3n) is 16.2. The van der Waals surface area contributed by atoms with Crippen LogP contribution < -0.4 is 0 Å². The molecule has 0 aromatic heterocycles. The van der Waals surface area contributed by atoms with E-state index in [1.165, 1.54) is 91.2 Å². The topological polar surface area (TPSA) is 40.5 Å². The Hall–Kier alpha value is -4.56. The molecule has 12 rings (SSSR count). The van der Waals surface area contributed by atoms with Crippen LogP contribution in [0.25, 0.3) is 54.9 Å². The van der Waals surface area contributed by atoms with Crippen LogP contribution in [0.1, 0.15) is 87.7 Å². The average Bonchev–Trinajstić information content (AvgIpc) is 4.10. The fourth-order valence-electron chi connectivity index (χ4n) is 12.9. The van der Waals surface area contributed by atoms with E-state index in [2.05, 4.69) is 91.9 Å². The first kappa shape index (κ1) is 31.8. The summed E-state index contributed by atoms with van der Waals surface area (Å²) in [6.07, 6.45) is 12.6. The van der Waals surface area contributed by atoms with Crippen LogP contribution >= 0.6 is 0 Å². The van der Waals surface area contributed by atoms with Crippen LogP contribution in [0.5, 0.6) is 11.5 Å². The van der Waals surface area contributed by atoms with Gasteiger partial charge in [0, 0.05) is 11.1 Å². The maximum absolute atomic E-state index is 11.4. The van der Waals surface area contributed by atoms with Crippen molar-refractivity contribution in [2.45, 2.75) is 76.5 Å². The van der Waals surface area contributed by atoms with Gasteiger partial charge >= 0.3 is 0 Å². The molecule has 6 aromatic carbocycles. The normalized spacial score (nSPS) is 33.0. The maximum atomic E-state index is 11.4. The van der Waals surface area contributed by atoms with Gasteiger partial charge in [0.05, 0.1) is 0 Å². The molecule has 0 bridgehead atoms. The van der Waals surface area contributed by atoms with Crippen molar-refractivity contribution < 1.29 is 10.2 Å². The first-order valence-electron chi connectivity index (χ1n) is 21.2. The summed E-state index contributed by atoms with van der Waals surface area (Å²) in [4.78, 5) is 0. The zero-order valence-corrected chi connectivity index (χ0v) is 31.3. The molecular formula is C52H50O2. The second-order valence-corrected chi connectivity index (χ2v) is 18.7. The van der Waals surface area contributed by atoms with Gasteiger partial charge in [0.1, 0.15) is 11.5 Å². The van der Waals surface area contributed by atoms with E-state index in [1.54, 1.807) is 12.1 Å². The number of hydrogen-bond acceptors (Lipinski definition) is 2. The molecule has 6 aromatic rings. The highest BCUT2D eigenvalue weighted by molar-refractivity contribution is 6.10. The molecule has 2 heteroatoms. The first-order valence-corrected chi connectivity index (χ1v) is 21.2. The molecule has 4 unspecified atom stereocenters. The summed E-state index contributed by atoms with van der Waals surface area (Å²) in [5.74, 6) is 9.27. The minimum absolute atomic E-state index is 0.178. The molecule has 6 fully saturated rings. The Morgan fingerprint density at radius 2 is 0.963 bits per heavy atom. The number of aromatic hydroxyl groups is 2. The van der Waals surface area contributed by atoms with Gasteiger partial charge in [-0.05, 0) is 196 Å². The van der Waals surface area contributed by atoms with Gasteiger partial charge in [0.15, 0.2) is 0 Å². The van der Waals surface area contributed by atoms with Crippen LogP contribution in [0.2, 0.25) is 0 Å². The lowest BCUT2D eigenvalue weighted by atomic mass is 9.70. The van der Waals surface area contributed by atoms with Crippen molar-refractivity contribution in [3.05, 3.63) is 120 Å². The summed E-state index contributed by atoms with van der Waals surface area (Å²) in [6, 6.07) is 39.2. The van der Waals surface area contributed by atoms with E-state index in [9.17, 15) is 10.2 Å². The molecule has 0 aliphatic heterocycles. The molecule has 0 saturated heterocycles. The van der Waals surface area contributed by atoms with Gasteiger partial charge in [-0.1, -0.05) is 91.9 Å². The van der Waals surface area contributed by atoms with Gasteiger partial charge in [-0.2, -0.15) is 0 Å². The van der Waals surface area contributed by atoms with Gasteiger partial charge in [-0.15, -0.1) is 0 Å². The van der Waals surface area contributed by atoms with E-state index in [4.69, 9.17) is 0 Å². The highest BCUT2D eigenvalue weighted by atomic mass is 16.3. The quantitative estimate of drug-likeness (QED) is 0.181. The van der Waals surface area contributed by atoms with Crippen molar-refractivity contribution in [1.29, 1.82) is 0 Å². The highest BCUT2D eigenvalue weighted by Crippen LogP contribution is 2.85. The fourth-order valence-corrected chi connectivity index (χ4v) is 12.9. The van der Waals surface area contributed by atoms with Gasteiger partial charge in [0.2, 0.25) is 0 Å². The van der Waals surface area contributed by atoms with Gasteiger partial charge in [-0.25, -0.2) is 0 Å². The van der Waals surface area contributed by atoms with Crippen molar-refractivity contribution in [3.63, 3.8) is 0 Å². The van der Waals surface area contributed by atoms with Crippen LogP contribution in [-0.4, -0.2) is 10.2 Å². The number of rotatable bonds is 6. The molecule has 270 valence electrons. The van der Waals surface area contributed by atoms with Gasteiger partial charge in [0.25, 0.3) is 0 Å². The predicted octanol–water partition coefficient (Wildman–Crippen LogP) is 13.5. The Morgan fingerprint density at radius 1 is 0.500 bits per heavy atom. The molecule has 2 nitrogen and oxygen atoms in total. The van der Waals surface area contributed by atoms with E-state index in [0.29, 0.717) is 23.0 Å². The molecule has 0 amide bonds. The van der Waals surface area contributed by atoms with Crippen LogP contribution in [-0.2, 0) is 0 Å². The Labute approximate surface area is 319 Å². The average molecular weight is 707 g/mol. The van der Waals surface area contributed by atoms with E-state index >= 15 is 0 Å². The van der Waals surface area contributed by atoms with Gasteiger partial charge in [-0.3, -0.25) is 0 Å². The van der Waals surface area contributed by atoms with Crippen molar-refractivity contribution in [2.75, 3.05) is 0 Å². The third kappa shape index (κ3) is 4.84. The van der Waals surface area contributed by atoms with E-state index in [0.717, 1.165) is 68.4 Å². The summed E-state index contributed by atoms with van der Waals surface area (Å²) in [7, 11) is 0. The summed E-state index contributed by atoms with van der Waals surface area (Å²) in [6.45, 7) is 2.45. The van der Waals surface area contributed by atoms with Crippen molar-refractivity contribution >= 4 is 21.5 Å². The van der Waals surface area contributed by atoms with Crippen LogP contribution in [0.15, 0.2) is 109 Å². The highest BCUT2D eigenvalue weighted by Gasteiger charge is 2.80. The first-order chi connectivity index (χ1) is 26.4. The molecule has 2 N–H and O–H groups in total. The van der Waals surface area contributed by atoms with Crippen molar-refractivity contribution in [1.82, 2.24) is 0 Å². The van der Waals surface area contributed by atoms with Crippen LogP contribution in [0.3, 0.4) is 0 Å². The maximum Gasteiger partial charge on any atom is 0.124 e. The Balaban J connectivity index is 0.799. The summed E-state index contributed by atoms with van der Waals surface area (Å²) in [5, 5.41) is 26.7. The zero-order chi connectivity index (χ0) is 35.9. The predicted molar refractivity (Wildman–Crippen MR) is 221 cm³/mol. The van der Waals surface area contributed by atoms with Crippen molar-refractivity contribution in [2.24, 2.45) is 46.8 Å². The Bertz CT molecular complexity index is 2440. The minimum atomic E-state index is 0.178. The summed E-state index contributed by atoms with van der Waals surface area (Å²) < 4.78 is 0. The SMILES string of the molecule is CC1C2C1C21CCC(c2ccc(-c3ccc4c(-c5c(O)ccc6cc(-c7ccc([C@H]8CC[C@H](C9C%10CC%109)CC8)cc7)ccc56)c(O)ccc4c3)cc2)CC1. The third-order valence-corrected chi connectivity index (χ3v) is 16.2. The summed E-state index contributed by atoms with van der Waals surface area (Å²) >= 11 is 0. The fraction of sp³-hybridized carbons (Fsp3) is 0.385. The smallest absolute Gasteiger partial charge is 0.124 e. The molecule has 6 saturated carbocycles. The molecule has 4 atom stereocenters. The molecule has 6 aliphatic carbocycles. The molecule has 6 aliphatic rings. The number of hydrogen-bond donors (Lipinski definition) is 2. The molecule has 0 heterocycles. The van der Waals surface area contributed by atoms with Crippen LogP contribution in [0.4, 0.5) is 0 Å². The minimum Gasteiger partial charge on any atom is -0.507 e. The lowest BCUT2D eigenvalue weighted by Gasteiger charge is -2.34. The Kier molecular flexibility index (Phi) is 6.75. The van der Waals surface area contributed by atoms with Crippen LogP contribution in [0, 0.1) is 46.8 Å². The Morgan fingerprint density at radius 3 is 1.41 bits per heavy atom. The van der Waals surface area contributed by atoms with Crippen molar-refractivity contribution in [3.8, 4) is 44.9 Å². The second kappa shape index (κ2) is 11.5. The number of fused-ring (bicyclic) bond motifs is 6. The monoisotopic (exact) mass is 706 g/mol.